The van der Waals surface area contributed by atoms with E-state index in [9.17, 15) is 0 Å². The Kier molecular flexibility index (Phi) is 7.68. The molecule has 0 aliphatic rings. The number of ether oxygens (including phenoxy) is 2. The van der Waals surface area contributed by atoms with Crippen molar-refractivity contribution in [2.75, 3.05) is 12.4 Å². The van der Waals surface area contributed by atoms with E-state index in [0.29, 0.717) is 17.2 Å². The average Bonchev–Trinajstić information content (AvgIpc) is 2.73. The first-order chi connectivity index (χ1) is 13.6. The summed E-state index contributed by atoms with van der Waals surface area (Å²) in [5.41, 5.74) is 9.36. The summed E-state index contributed by atoms with van der Waals surface area (Å²) in [6, 6.07) is 12.7. The van der Waals surface area contributed by atoms with E-state index in [4.69, 9.17) is 20.6 Å². The van der Waals surface area contributed by atoms with Crippen molar-refractivity contribution in [3.8, 4) is 11.6 Å². The summed E-state index contributed by atoms with van der Waals surface area (Å²) in [5, 5.41) is 11.0. The molecule has 0 bridgehead atoms. The number of rotatable bonds is 8. The van der Waals surface area contributed by atoms with Crippen molar-refractivity contribution in [1.82, 2.24) is 9.97 Å². The molecule has 0 spiro atoms. The zero-order chi connectivity index (χ0) is 19.9. The molecular weight excluding hydrogens is 366 g/mol. The molecule has 7 heteroatoms. The number of methoxy groups -OCH3 is 1. The molecule has 29 heavy (non-hydrogen) atoms. The van der Waals surface area contributed by atoms with Crippen LogP contribution in [0.2, 0.25) is 0 Å². The first-order valence-electron chi connectivity index (χ1n) is 8.84. The van der Waals surface area contributed by atoms with Gasteiger partial charge in [-0.05, 0) is 43.3 Å². The molecule has 3 rings (SSSR count). The van der Waals surface area contributed by atoms with Gasteiger partial charge in [-0.15, -0.1) is 0 Å². The Labute approximate surface area is 171 Å². The number of nitrogens with one attached hydrogen (secondary N) is 2. The van der Waals surface area contributed by atoms with Crippen LogP contribution in [0.25, 0.3) is 0 Å². The van der Waals surface area contributed by atoms with Crippen LogP contribution >= 0.6 is 0 Å². The van der Waals surface area contributed by atoms with Crippen molar-refractivity contribution in [2.45, 2.75) is 26.5 Å². The van der Waals surface area contributed by atoms with E-state index in [1.54, 1.807) is 31.8 Å². The second-order valence-corrected chi connectivity index (χ2v) is 6.29. The zero-order valence-corrected chi connectivity index (χ0v) is 15.8. The number of benzene rings is 1. The molecule has 2 unspecified atom stereocenters. The Hall–Kier alpha value is -3.45. The highest BCUT2D eigenvalue weighted by Gasteiger charge is 2.20. The van der Waals surface area contributed by atoms with Crippen LogP contribution < -0.4 is 20.5 Å². The van der Waals surface area contributed by atoms with Gasteiger partial charge in [0.25, 0.3) is 0 Å². The zero-order valence-electron chi connectivity index (χ0n) is 15.8. The summed E-state index contributed by atoms with van der Waals surface area (Å²) < 4.78 is 11.4. The van der Waals surface area contributed by atoms with Gasteiger partial charge in [0.1, 0.15) is 11.9 Å². The minimum atomic E-state index is -0.382. The maximum atomic E-state index is 7.75. The number of nitrogens with two attached hydrogens (primary N) is 1. The Morgan fingerprint density at radius 2 is 2.00 bits per heavy atom. The lowest BCUT2D eigenvalue weighted by molar-refractivity contribution is 0.180. The van der Waals surface area contributed by atoms with Crippen LogP contribution in [0.5, 0.6) is 11.6 Å². The molecule has 0 aliphatic heterocycles. The van der Waals surface area contributed by atoms with Crippen molar-refractivity contribution in [3.63, 3.8) is 0 Å². The highest BCUT2D eigenvalue weighted by atomic mass is 16.5. The van der Waals surface area contributed by atoms with Crippen LogP contribution in [-0.4, -0.2) is 29.3 Å². The average molecular weight is 393 g/mol. The summed E-state index contributed by atoms with van der Waals surface area (Å²) in [5.74, 6) is 1.12. The van der Waals surface area contributed by atoms with Gasteiger partial charge in [-0.2, -0.15) is 0 Å². The van der Waals surface area contributed by atoms with Crippen molar-refractivity contribution < 1.29 is 9.47 Å². The Bertz CT molecular complexity index is 931. The predicted octanol–water partition coefficient (Wildman–Crippen LogP) is 4.33. The summed E-state index contributed by atoms with van der Waals surface area (Å²) in [4.78, 5) is 8.21. The Morgan fingerprint density at radius 1 is 1.17 bits per heavy atom. The molecule has 0 saturated carbocycles. The second kappa shape index (κ2) is 10.2. The van der Waals surface area contributed by atoms with Gasteiger partial charge in [-0.3, -0.25) is 4.98 Å². The third-order valence-corrected chi connectivity index (χ3v) is 4.16. The third kappa shape index (κ3) is 5.52. The number of hydrogen-bond acceptors (Lipinski definition) is 7. The van der Waals surface area contributed by atoms with Gasteiger partial charge in [0.05, 0.1) is 19.0 Å². The lowest BCUT2D eigenvalue weighted by atomic mass is 10.0. The number of aromatic nitrogens is 2. The standard InChI is InChI=1S/C21H23N5O2.CH4/c1-14(23)21(15-7-9-25-20(11-15)27-2)28-18-5-6-19(16(10-18)12-22)26-17-4-3-8-24-13-17;/h3-14,21-22,26H,23H2,1-2H3;1H4. The molecule has 0 fully saturated rings. The molecule has 2 heterocycles. The van der Waals surface area contributed by atoms with Gasteiger partial charge in [-0.1, -0.05) is 7.43 Å². The molecule has 0 saturated heterocycles. The van der Waals surface area contributed by atoms with Crippen molar-refractivity contribution in [1.29, 1.82) is 5.41 Å². The van der Waals surface area contributed by atoms with Crippen molar-refractivity contribution in [3.05, 3.63) is 72.2 Å². The number of hydrogen-bond donors (Lipinski definition) is 3. The van der Waals surface area contributed by atoms with Gasteiger partial charge < -0.3 is 25.9 Å². The maximum Gasteiger partial charge on any atom is 0.213 e. The molecule has 0 amide bonds. The van der Waals surface area contributed by atoms with Crippen LogP contribution in [-0.2, 0) is 0 Å². The summed E-state index contributed by atoms with van der Waals surface area (Å²) in [7, 11) is 1.57. The quantitative estimate of drug-likeness (QED) is 0.492. The Balaban J connectivity index is 0.00000300. The fourth-order valence-electron chi connectivity index (χ4n) is 2.78. The van der Waals surface area contributed by atoms with Gasteiger partial charge in [0.15, 0.2) is 0 Å². The molecule has 2 aromatic heterocycles. The fraction of sp³-hybridized carbons (Fsp3) is 0.227. The highest BCUT2D eigenvalue weighted by molar-refractivity contribution is 5.88. The fourth-order valence-corrected chi connectivity index (χ4v) is 2.78. The highest BCUT2D eigenvalue weighted by Crippen LogP contribution is 2.29. The van der Waals surface area contributed by atoms with Crippen LogP contribution in [0.4, 0.5) is 11.4 Å². The topological polar surface area (TPSA) is 106 Å². The van der Waals surface area contributed by atoms with E-state index >= 15 is 0 Å². The first-order valence-corrected chi connectivity index (χ1v) is 8.84. The summed E-state index contributed by atoms with van der Waals surface area (Å²) >= 11 is 0. The van der Waals surface area contributed by atoms with Crippen molar-refractivity contribution in [2.24, 2.45) is 5.73 Å². The van der Waals surface area contributed by atoms with E-state index in [1.165, 1.54) is 6.21 Å². The normalized spacial score (nSPS) is 12.2. The van der Waals surface area contributed by atoms with E-state index in [1.807, 2.05) is 43.3 Å². The van der Waals surface area contributed by atoms with E-state index in [0.717, 1.165) is 16.9 Å². The molecule has 3 aromatic rings. The molecule has 4 N–H and O–H groups in total. The predicted molar refractivity (Wildman–Crippen MR) is 116 cm³/mol. The SMILES string of the molecule is C.COc1cc(C(Oc2ccc(Nc3cccnc3)c(C=N)c2)C(C)N)ccn1. The van der Waals surface area contributed by atoms with Gasteiger partial charge in [0, 0.05) is 47.5 Å². The van der Waals surface area contributed by atoms with Crippen LogP contribution in [0.15, 0.2) is 61.1 Å². The molecular formula is C22H27N5O2. The minimum absolute atomic E-state index is 0. The van der Waals surface area contributed by atoms with E-state index < -0.39 is 0 Å². The van der Waals surface area contributed by atoms with E-state index in [2.05, 4.69) is 15.3 Å². The molecule has 0 aliphatic carbocycles. The summed E-state index contributed by atoms with van der Waals surface area (Å²) in [6.45, 7) is 1.88. The number of pyridine rings is 2. The van der Waals surface area contributed by atoms with E-state index in [-0.39, 0.29) is 19.6 Å². The smallest absolute Gasteiger partial charge is 0.213 e. The lowest BCUT2D eigenvalue weighted by Gasteiger charge is -2.23. The molecule has 152 valence electrons. The first kappa shape index (κ1) is 21.8. The van der Waals surface area contributed by atoms with Crippen LogP contribution in [0.1, 0.15) is 31.6 Å². The lowest BCUT2D eigenvalue weighted by Crippen LogP contribution is -2.29. The molecule has 1 aromatic carbocycles. The maximum absolute atomic E-state index is 7.75. The minimum Gasteiger partial charge on any atom is -0.484 e. The van der Waals surface area contributed by atoms with Gasteiger partial charge in [0.2, 0.25) is 5.88 Å². The third-order valence-electron chi connectivity index (χ3n) is 4.16. The van der Waals surface area contributed by atoms with Gasteiger partial charge >= 0.3 is 0 Å². The largest absolute Gasteiger partial charge is 0.484 e. The summed E-state index contributed by atoms with van der Waals surface area (Å²) in [6.07, 6.45) is 5.99. The Morgan fingerprint density at radius 3 is 2.66 bits per heavy atom. The molecule has 0 radical (unpaired) electrons. The second-order valence-electron chi connectivity index (χ2n) is 6.29. The number of anilines is 2. The molecule has 2 atom stereocenters. The number of nitrogens with zero attached hydrogens (tertiary/aromatic N) is 2. The monoisotopic (exact) mass is 393 g/mol. The van der Waals surface area contributed by atoms with Crippen LogP contribution in [0, 0.1) is 5.41 Å². The van der Waals surface area contributed by atoms with Gasteiger partial charge in [-0.25, -0.2) is 4.98 Å². The molecule has 7 nitrogen and oxygen atoms in total. The van der Waals surface area contributed by atoms with Crippen molar-refractivity contribution >= 4 is 17.6 Å². The van der Waals surface area contributed by atoms with Crippen LogP contribution in [0.3, 0.4) is 0 Å².